The van der Waals surface area contributed by atoms with Crippen molar-refractivity contribution in [2.45, 2.75) is 13.0 Å². The van der Waals surface area contributed by atoms with Crippen LogP contribution in [0.25, 0.3) is 0 Å². The van der Waals surface area contributed by atoms with Crippen molar-refractivity contribution in [3.8, 4) is 0 Å². The molecule has 0 fully saturated rings. The lowest BCUT2D eigenvalue weighted by Crippen LogP contribution is -2.25. The lowest BCUT2D eigenvalue weighted by Gasteiger charge is -2.08. The summed E-state index contributed by atoms with van der Waals surface area (Å²) >= 11 is 5.87. The monoisotopic (exact) mass is 366 g/mol. The molecule has 1 aromatic carbocycles. The van der Waals surface area contributed by atoms with Crippen LogP contribution in [0.15, 0.2) is 67.1 Å². The highest BCUT2D eigenvalue weighted by Crippen LogP contribution is 2.11. The second kappa shape index (κ2) is 8.97. The van der Waals surface area contributed by atoms with Crippen LogP contribution in [-0.2, 0) is 13.0 Å². The van der Waals surface area contributed by atoms with Gasteiger partial charge in [-0.05, 0) is 53.9 Å². The van der Waals surface area contributed by atoms with E-state index in [1.807, 2.05) is 36.4 Å². The lowest BCUT2D eigenvalue weighted by molar-refractivity contribution is 0.0954. The second-order valence-electron chi connectivity index (χ2n) is 5.77. The van der Waals surface area contributed by atoms with E-state index < -0.39 is 0 Å². The normalized spacial score (nSPS) is 10.3. The number of nitrogens with zero attached hydrogens (tertiary/aromatic N) is 2. The number of hydrogen-bond donors (Lipinski definition) is 2. The van der Waals surface area contributed by atoms with Gasteiger partial charge in [0, 0.05) is 42.3 Å². The zero-order valence-corrected chi connectivity index (χ0v) is 14.9. The van der Waals surface area contributed by atoms with Gasteiger partial charge in [-0.2, -0.15) is 0 Å². The van der Waals surface area contributed by atoms with Crippen molar-refractivity contribution >= 4 is 23.3 Å². The maximum Gasteiger partial charge on any atom is 0.251 e. The third-order valence-electron chi connectivity index (χ3n) is 3.86. The summed E-state index contributed by atoms with van der Waals surface area (Å²) in [4.78, 5) is 20.6. The Hall–Kier alpha value is -2.92. The molecule has 0 atom stereocenters. The summed E-state index contributed by atoms with van der Waals surface area (Å²) < 4.78 is 0. The Bertz CT molecular complexity index is 853. The number of hydrogen-bond acceptors (Lipinski definition) is 4. The molecule has 1 amide bonds. The van der Waals surface area contributed by atoms with Gasteiger partial charge in [-0.1, -0.05) is 23.7 Å². The van der Waals surface area contributed by atoms with E-state index in [1.54, 1.807) is 30.7 Å². The molecule has 0 unspecified atom stereocenters. The highest BCUT2D eigenvalue weighted by Gasteiger charge is 2.06. The first-order valence-electron chi connectivity index (χ1n) is 8.32. The summed E-state index contributed by atoms with van der Waals surface area (Å²) in [7, 11) is 0. The quantitative estimate of drug-likeness (QED) is 0.668. The summed E-state index contributed by atoms with van der Waals surface area (Å²) in [6.07, 6.45) is 5.87. The Labute approximate surface area is 157 Å². The van der Waals surface area contributed by atoms with Gasteiger partial charge in [0.25, 0.3) is 5.91 Å². The molecule has 2 N–H and O–H groups in total. The molecular formula is C20H19ClN4O. The molecule has 5 nitrogen and oxygen atoms in total. The van der Waals surface area contributed by atoms with Gasteiger partial charge >= 0.3 is 0 Å². The van der Waals surface area contributed by atoms with Crippen LogP contribution >= 0.6 is 11.6 Å². The molecule has 0 aliphatic rings. The number of pyridine rings is 2. The van der Waals surface area contributed by atoms with Crippen LogP contribution in [0.1, 0.15) is 21.5 Å². The van der Waals surface area contributed by atoms with Crippen molar-refractivity contribution < 1.29 is 4.79 Å². The Morgan fingerprint density at radius 2 is 1.73 bits per heavy atom. The summed E-state index contributed by atoms with van der Waals surface area (Å²) in [6.45, 7) is 1.18. The van der Waals surface area contributed by atoms with Crippen molar-refractivity contribution in [3.05, 3.63) is 88.8 Å². The number of carbonyl (C=O) groups excluding carboxylic acids is 1. The van der Waals surface area contributed by atoms with Gasteiger partial charge in [-0.25, -0.2) is 4.98 Å². The highest BCUT2D eigenvalue weighted by molar-refractivity contribution is 6.30. The van der Waals surface area contributed by atoms with Crippen LogP contribution in [0.2, 0.25) is 5.02 Å². The van der Waals surface area contributed by atoms with E-state index >= 15 is 0 Å². The smallest absolute Gasteiger partial charge is 0.251 e. The number of nitrogens with one attached hydrogen (secondary N) is 2. The van der Waals surface area contributed by atoms with Gasteiger partial charge in [0.15, 0.2) is 0 Å². The van der Waals surface area contributed by atoms with Gasteiger partial charge in [0.05, 0.1) is 0 Å². The zero-order valence-electron chi connectivity index (χ0n) is 14.2. The first-order valence-corrected chi connectivity index (χ1v) is 8.70. The molecule has 0 saturated heterocycles. The zero-order chi connectivity index (χ0) is 18.2. The number of aromatic nitrogens is 2. The maximum absolute atomic E-state index is 12.3. The average molecular weight is 367 g/mol. The minimum absolute atomic E-state index is 0.117. The van der Waals surface area contributed by atoms with Crippen LogP contribution < -0.4 is 10.6 Å². The fourth-order valence-corrected chi connectivity index (χ4v) is 2.56. The predicted octanol–water partition coefficient (Wildman–Crippen LogP) is 3.71. The summed E-state index contributed by atoms with van der Waals surface area (Å²) in [5.41, 5.74) is 2.80. The molecule has 6 heteroatoms. The van der Waals surface area contributed by atoms with Gasteiger partial charge in [0.2, 0.25) is 0 Å². The molecule has 0 radical (unpaired) electrons. The van der Waals surface area contributed by atoms with E-state index in [-0.39, 0.29) is 5.91 Å². The van der Waals surface area contributed by atoms with Gasteiger partial charge in [-0.3, -0.25) is 9.78 Å². The number of halogens is 1. The number of rotatable bonds is 7. The lowest BCUT2D eigenvalue weighted by atomic mass is 10.1. The highest BCUT2D eigenvalue weighted by atomic mass is 35.5. The van der Waals surface area contributed by atoms with E-state index in [1.165, 1.54) is 0 Å². The number of anilines is 1. The molecule has 0 aliphatic carbocycles. The average Bonchev–Trinajstić information content (AvgIpc) is 2.69. The third-order valence-corrected chi connectivity index (χ3v) is 4.11. The minimum Gasteiger partial charge on any atom is -0.366 e. The summed E-state index contributed by atoms with van der Waals surface area (Å²) in [5.74, 6) is 0.542. The standard InChI is InChI=1S/C20H19ClN4O/c21-18-3-1-15(2-4-18)7-11-24-20(26)17-8-12-23-19(13-17)25-14-16-5-9-22-10-6-16/h1-6,8-10,12-13H,7,11,14H2,(H,23,25)(H,24,26). The van der Waals surface area contributed by atoms with Gasteiger partial charge < -0.3 is 10.6 Å². The molecule has 132 valence electrons. The molecule has 3 rings (SSSR count). The van der Waals surface area contributed by atoms with Crippen molar-refractivity contribution in [1.82, 2.24) is 15.3 Å². The second-order valence-corrected chi connectivity index (χ2v) is 6.21. The Kier molecular flexibility index (Phi) is 6.17. The van der Waals surface area contributed by atoms with Crippen molar-refractivity contribution in [2.24, 2.45) is 0 Å². The fraction of sp³-hybridized carbons (Fsp3) is 0.150. The van der Waals surface area contributed by atoms with Crippen LogP contribution in [0.5, 0.6) is 0 Å². The first-order chi connectivity index (χ1) is 12.7. The Balaban J connectivity index is 1.51. The topological polar surface area (TPSA) is 66.9 Å². The molecule has 26 heavy (non-hydrogen) atoms. The first kappa shape index (κ1) is 17.9. The number of benzene rings is 1. The van der Waals surface area contributed by atoms with E-state index in [0.29, 0.717) is 29.5 Å². The summed E-state index contributed by atoms with van der Waals surface area (Å²) in [5, 5.41) is 6.85. The van der Waals surface area contributed by atoms with Crippen molar-refractivity contribution in [3.63, 3.8) is 0 Å². The van der Waals surface area contributed by atoms with Gasteiger partial charge in [-0.15, -0.1) is 0 Å². The van der Waals surface area contributed by atoms with E-state index in [0.717, 1.165) is 17.5 Å². The minimum atomic E-state index is -0.117. The molecule has 3 aromatic rings. The molecule has 0 bridgehead atoms. The molecule has 2 aromatic heterocycles. The largest absolute Gasteiger partial charge is 0.366 e. The van der Waals surface area contributed by atoms with E-state index in [4.69, 9.17) is 11.6 Å². The maximum atomic E-state index is 12.3. The van der Waals surface area contributed by atoms with Crippen molar-refractivity contribution in [1.29, 1.82) is 0 Å². The third kappa shape index (κ3) is 5.29. The predicted molar refractivity (Wildman–Crippen MR) is 103 cm³/mol. The Morgan fingerprint density at radius 1 is 0.962 bits per heavy atom. The molecule has 2 heterocycles. The van der Waals surface area contributed by atoms with E-state index in [2.05, 4.69) is 20.6 Å². The van der Waals surface area contributed by atoms with Crippen LogP contribution in [0, 0.1) is 0 Å². The molecule has 0 saturated carbocycles. The number of carbonyl (C=O) groups is 1. The van der Waals surface area contributed by atoms with Crippen molar-refractivity contribution in [2.75, 3.05) is 11.9 Å². The SMILES string of the molecule is O=C(NCCc1ccc(Cl)cc1)c1ccnc(NCc2ccncc2)c1. The molecule has 0 spiro atoms. The van der Waals surface area contributed by atoms with Gasteiger partial charge in [0.1, 0.15) is 5.82 Å². The molecule has 0 aliphatic heterocycles. The van der Waals surface area contributed by atoms with Crippen LogP contribution in [-0.4, -0.2) is 22.4 Å². The summed E-state index contributed by atoms with van der Waals surface area (Å²) in [6, 6.07) is 14.9. The number of amides is 1. The fourth-order valence-electron chi connectivity index (χ4n) is 2.44. The van der Waals surface area contributed by atoms with Crippen LogP contribution in [0.4, 0.5) is 5.82 Å². The molecular weight excluding hydrogens is 348 g/mol. The Morgan fingerprint density at radius 3 is 2.50 bits per heavy atom. The van der Waals surface area contributed by atoms with E-state index in [9.17, 15) is 4.79 Å². The van der Waals surface area contributed by atoms with Crippen LogP contribution in [0.3, 0.4) is 0 Å².